The molecule has 1 N–H and O–H groups in total. The van der Waals surface area contributed by atoms with E-state index in [1.165, 1.54) is 16.9 Å². The zero-order chi connectivity index (χ0) is 23.2. The number of carbonyl (C=O) groups is 1. The molecule has 1 aliphatic carbocycles. The number of fused-ring (bicyclic) bond motifs is 1. The summed E-state index contributed by atoms with van der Waals surface area (Å²) in [5, 5.41) is 18.3. The molecule has 0 unspecified atom stereocenters. The molecule has 7 nitrogen and oxygen atoms in total. The van der Waals surface area contributed by atoms with E-state index in [4.69, 9.17) is 26.2 Å². The van der Waals surface area contributed by atoms with Gasteiger partial charge in [-0.1, -0.05) is 17.7 Å². The second-order valence-corrected chi connectivity index (χ2v) is 8.32. The Bertz CT molecular complexity index is 1110. The van der Waals surface area contributed by atoms with E-state index in [2.05, 4.69) is 10.2 Å². The van der Waals surface area contributed by atoms with Gasteiger partial charge in [0.15, 0.2) is 0 Å². The maximum atomic E-state index is 13.9. The van der Waals surface area contributed by atoms with Crippen LogP contribution in [-0.2, 0) is 24.1 Å². The second-order valence-electron chi connectivity index (χ2n) is 7.91. The lowest BCUT2D eigenvalue weighted by Crippen LogP contribution is -2.08. The van der Waals surface area contributed by atoms with Crippen molar-refractivity contribution < 1.29 is 23.8 Å². The van der Waals surface area contributed by atoms with Crippen LogP contribution in [0.2, 0.25) is 5.02 Å². The summed E-state index contributed by atoms with van der Waals surface area (Å²) >= 11 is 6.24. The lowest BCUT2D eigenvalue weighted by Gasteiger charge is -2.12. The Balaban J connectivity index is 1.31. The number of aliphatic carboxylic acids is 1. The zero-order valence-electron chi connectivity index (χ0n) is 18.1. The predicted molar refractivity (Wildman–Crippen MR) is 121 cm³/mol. The third-order valence-corrected chi connectivity index (χ3v) is 5.70. The van der Waals surface area contributed by atoms with Crippen molar-refractivity contribution in [3.63, 3.8) is 0 Å². The summed E-state index contributed by atoms with van der Waals surface area (Å²) in [6.07, 6.45) is 5.01. The van der Waals surface area contributed by atoms with E-state index < -0.39 is 5.97 Å². The van der Waals surface area contributed by atoms with E-state index in [9.17, 15) is 9.18 Å². The molecule has 1 aliphatic rings. The van der Waals surface area contributed by atoms with Crippen molar-refractivity contribution >= 4 is 17.6 Å². The highest BCUT2D eigenvalue weighted by atomic mass is 35.5. The minimum absolute atomic E-state index is 0.0515. The third-order valence-electron chi connectivity index (χ3n) is 5.41. The average Bonchev–Trinajstić information content (AvgIpc) is 3.23. The van der Waals surface area contributed by atoms with E-state index in [1.807, 2.05) is 6.07 Å². The molecule has 4 rings (SSSR count). The van der Waals surface area contributed by atoms with Crippen LogP contribution in [0.4, 0.5) is 4.39 Å². The minimum atomic E-state index is -0.848. The minimum Gasteiger partial charge on any atom is -0.492 e. The maximum Gasteiger partial charge on any atom is 0.303 e. The number of hydrogen-bond donors (Lipinski definition) is 1. The van der Waals surface area contributed by atoms with Gasteiger partial charge < -0.3 is 14.6 Å². The van der Waals surface area contributed by atoms with Crippen LogP contribution in [0.5, 0.6) is 11.5 Å². The monoisotopic (exact) mass is 473 g/mol. The molecule has 0 amide bonds. The Hall–Kier alpha value is -3.13. The summed E-state index contributed by atoms with van der Waals surface area (Å²) in [6.45, 7) is 0.729. The first-order chi connectivity index (χ1) is 16.0. The average molecular weight is 474 g/mol. The number of nitrogens with zero attached hydrogens (tertiary/aromatic N) is 3. The van der Waals surface area contributed by atoms with Crippen LogP contribution in [0.1, 0.15) is 42.6 Å². The lowest BCUT2D eigenvalue weighted by molar-refractivity contribution is -0.136. The van der Waals surface area contributed by atoms with Crippen LogP contribution in [0.3, 0.4) is 0 Å². The van der Waals surface area contributed by atoms with Gasteiger partial charge in [-0.25, -0.2) is 4.39 Å². The number of hydrogen-bond acceptors (Lipinski definition) is 5. The third kappa shape index (κ3) is 6.01. The summed E-state index contributed by atoms with van der Waals surface area (Å²) in [7, 11) is 0. The topological polar surface area (TPSA) is 86.5 Å². The van der Waals surface area contributed by atoms with Crippen molar-refractivity contribution in [2.75, 3.05) is 13.2 Å². The van der Waals surface area contributed by atoms with Crippen molar-refractivity contribution in [1.82, 2.24) is 15.0 Å². The van der Waals surface area contributed by atoms with Crippen LogP contribution in [-0.4, -0.2) is 39.3 Å². The fourth-order valence-electron chi connectivity index (χ4n) is 3.71. The van der Waals surface area contributed by atoms with Crippen LogP contribution >= 0.6 is 11.6 Å². The number of ether oxygens (including phenoxy) is 2. The highest BCUT2D eigenvalue weighted by molar-refractivity contribution is 6.32. The number of rotatable bonds is 10. The molecule has 33 heavy (non-hydrogen) atoms. The summed E-state index contributed by atoms with van der Waals surface area (Å²) < 4.78 is 25.5. The molecule has 1 aromatic heterocycles. The first kappa shape index (κ1) is 23.0. The molecule has 9 heteroatoms. The first-order valence-corrected chi connectivity index (χ1v) is 11.4. The van der Waals surface area contributed by atoms with Gasteiger partial charge in [0.25, 0.3) is 0 Å². The zero-order valence-corrected chi connectivity index (χ0v) is 18.9. The molecule has 0 fully saturated rings. The Morgan fingerprint density at radius 1 is 1.03 bits per heavy atom. The van der Waals surface area contributed by atoms with E-state index in [-0.39, 0.29) is 12.2 Å². The number of benzene rings is 2. The van der Waals surface area contributed by atoms with E-state index in [1.54, 1.807) is 18.2 Å². The Kier molecular flexibility index (Phi) is 7.44. The maximum absolute atomic E-state index is 13.9. The van der Waals surface area contributed by atoms with Gasteiger partial charge in [-0.05, 0) is 61.9 Å². The molecule has 0 atom stereocenters. The van der Waals surface area contributed by atoms with Crippen molar-refractivity contribution in [3.8, 4) is 17.2 Å². The second kappa shape index (κ2) is 10.7. The molecule has 1 heterocycles. The van der Waals surface area contributed by atoms with Gasteiger partial charge in [0.1, 0.15) is 23.0 Å². The fourth-order valence-corrected chi connectivity index (χ4v) is 3.97. The first-order valence-electron chi connectivity index (χ1n) is 11.0. The highest BCUT2D eigenvalue weighted by Crippen LogP contribution is 2.27. The SMILES string of the molecule is O=C(O)CCc1ccc(OCCCOc2ccc(F)cc2-n2nc3c(n2)CCCC3)c(Cl)c1. The van der Waals surface area contributed by atoms with Crippen LogP contribution < -0.4 is 9.47 Å². The molecule has 174 valence electrons. The quantitative estimate of drug-likeness (QED) is 0.425. The summed E-state index contributed by atoms with van der Waals surface area (Å²) in [4.78, 5) is 12.2. The Morgan fingerprint density at radius 2 is 1.70 bits per heavy atom. The largest absolute Gasteiger partial charge is 0.492 e. The molecule has 0 radical (unpaired) electrons. The normalized spacial score (nSPS) is 12.9. The van der Waals surface area contributed by atoms with Crippen LogP contribution in [0.25, 0.3) is 5.69 Å². The molecule has 2 aromatic carbocycles. The summed E-state index contributed by atoms with van der Waals surface area (Å²) in [6, 6.07) is 9.58. The number of carboxylic acids is 1. The molecule has 0 saturated carbocycles. The highest BCUT2D eigenvalue weighted by Gasteiger charge is 2.18. The molecular weight excluding hydrogens is 449 g/mol. The van der Waals surface area contributed by atoms with E-state index in [0.29, 0.717) is 48.3 Å². The van der Waals surface area contributed by atoms with Crippen molar-refractivity contribution in [2.24, 2.45) is 0 Å². The molecule has 0 spiro atoms. The van der Waals surface area contributed by atoms with E-state index >= 15 is 0 Å². The predicted octanol–water partition coefficient (Wildman–Crippen LogP) is 4.80. The molecule has 0 bridgehead atoms. The Morgan fingerprint density at radius 3 is 2.36 bits per heavy atom. The van der Waals surface area contributed by atoms with Gasteiger partial charge in [0, 0.05) is 18.9 Å². The van der Waals surface area contributed by atoms with Crippen LogP contribution in [0, 0.1) is 5.82 Å². The van der Waals surface area contributed by atoms with Gasteiger partial charge in [-0.15, -0.1) is 4.80 Å². The van der Waals surface area contributed by atoms with Crippen LogP contribution in [0.15, 0.2) is 36.4 Å². The van der Waals surface area contributed by atoms with E-state index in [0.717, 1.165) is 42.6 Å². The smallest absolute Gasteiger partial charge is 0.303 e. The van der Waals surface area contributed by atoms with Gasteiger partial charge in [0.2, 0.25) is 0 Å². The summed E-state index contributed by atoms with van der Waals surface area (Å²) in [5.74, 6) is -0.190. The fraction of sp³-hybridized carbons (Fsp3) is 0.375. The number of aryl methyl sites for hydroxylation is 3. The van der Waals surface area contributed by atoms with Gasteiger partial charge in [-0.2, -0.15) is 10.2 Å². The number of aromatic nitrogens is 3. The molecule has 0 aliphatic heterocycles. The number of halogens is 2. The molecule has 3 aromatic rings. The lowest BCUT2D eigenvalue weighted by atomic mass is 10.0. The van der Waals surface area contributed by atoms with Gasteiger partial charge >= 0.3 is 5.97 Å². The van der Waals surface area contributed by atoms with Gasteiger partial charge in [-0.3, -0.25) is 4.79 Å². The molecule has 0 saturated heterocycles. The Labute approximate surface area is 196 Å². The molecular formula is C24H25ClFN3O4. The van der Waals surface area contributed by atoms with Crippen molar-refractivity contribution in [3.05, 3.63) is 64.2 Å². The number of carboxylic acid groups (broad SMARTS) is 1. The summed E-state index contributed by atoms with van der Waals surface area (Å²) in [5.41, 5.74) is 3.26. The standard InChI is InChI=1S/C24H25ClFN3O4/c25-18-14-16(7-11-24(30)31)6-9-22(18)32-12-3-13-33-23-10-8-17(26)15-21(23)29-27-19-4-1-2-5-20(19)28-29/h6,8-10,14-15H,1-5,7,11-13H2,(H,30,31). The van der Waals surface area contributed by atoms with Gasteiger partial charge in [0.05, 0.1) is 29.6 Å². The van der Waals surface area contributed by atoms with Crippen molar-refractivity contribution in [2.45, 2.75) is 44.9 Å². The van der Waals surface area contributed by atoms with Crippen molar-refractivity contribution in [1.29, 1.82) is 0 Å².